The van der Waals surface area contributed by atoms with Crippen LogP contribution in [0.4, 0.5) is 0 Å². The summed E-state index contributed by atoms with van der Waals surface area (Å²) >= 11 is 1.61. The number of hydrogen-bond acceptors (Lipinski definition) is 4. The second-order valence-corrected chi connectivity index (χ2v) is 5.16. The van der Waals surface area contributed by atoms with Gasteiger partial charge in [0, 0.05) is 24.4 Å². The Bertz CT molecular complexity index is 320. The largest absolute Gasteiger partial charge is 0.296 e. The molecule has 1 unspecified atom stereocenters. The molecule has 14 heavy (non-hydrogen) atoms. The molecule has 1 saturated heterocycles. The zero-order valence-corrected chi connectivity index (χ0v) is 9.82. The molecule has 3 nitrogen and oxygen atoms in total. The van der Waals surface area contributed by atoms with Crippen LogP contribution in [-0.4, -0.2) is 29.0 Å². The second kappa shape index (κ2) is 4.47. The third-order valence-electron chi connectivity index (χ3n) is 2.54. The maximum atomic E-state index is 10.5. The van der Waals surface area contributed by atoms with Gasteiger partial charge in [-0.15, -0.1) is 11.3 Å². The molecule has 1 fully saturated rings. The van der Waals surface area contributed by atoms with Crippen molar-refractivity contribution in [1.82, 2.24) is 9.65 Å². The van der Waals surface area contributed by atoms with E-state index in [9.17, 15) is 4.79 Å². The van der Waals surface area contributed by atoms with E-state index in [1.165, 1.54) is 0 Å². The molecule has 76 valence electrons. The van der Waals surface area contributed by atoms with Gasteiger partial charge in [0.1, 0.15) is 5.69 Å². The van der Waals surface area contributed by atoms with Gasteiger partial charge < -0.3 is 0 Å². The topological polar surface area (TPSA) is 33.2 Å². The van der Waals surface area contributed by atoms with Crippen molar-refractivity contribution in [3.05, 3.63) is 16.1 Å². The first-order valence-corrected chi connectivity index (χ1v) is 6.09. The Hall–Kier alpha value is -0.310. The molecule has 2 heterocycles. The quantitative estimate of drug-likeness (QED) is 0.572. The van der Waals surface area contributed by atoms with Crippen LogP contribution in [0.5, 0.6) is 0 Å². The van der Waals surface area contributed by atoms with Crippen molar-refractivity contribution >= 4 is 27.0 Å². The molecule has 1 aromatic rings. The molecule has 1 aliphatic rings. The normalized spacial score (nSPS) is 19.8. The van der Waals surface area contributed by atoms with Crippen molar-refractivity contribution < 1.29 is 4.79 Å². The summed E-state index contributed by atoms with van der Waals surface area (Å²) in [5.41, 5.74) is 0.582. The van der Waals surface area contributed by atoms with Crippen molar-refractivity contribution in [3.8, 4) is 0 Å². The maximum absolute atomic E-state index is 10.5. The molecule has 0 amide bonds. The van der Waals surface area contributed by atoms with Gasteiger partial charge in [0.05, 0.1) is 5.01 Å². The predicted molar refractivity (Wildman–Crippen MR) is 60.8 cm³/mol. The van der Waals surface area contributed by atoms with Crippen molar-refractivity contribution in [3.63, 3.8) is 0 Å². The van der Waals surface area contributed by atoms with E-state index < -0.39 is 0 Å². The molecule has 0 aliphatic carbocycles. The molecule has 0 saturated carbocycles. The van der Waals surface area contributed by atoms with E-state index in [0.29, 0.717) is 11.6 Å². The molecule has 0 N–H and O–H groups in total. The van der Waals surface area contributed by atoms with Gasteiger partial charge in [-0.05, 0) is 12.8 Å². The van der Waals surface area contributed by atoms with E-state index in [-0.39, 0.29) is 0 Å². The van der Waals surface area contributed by atoms with Gasteiger partial charge >= 0.3 is 0 Å². The van der Waals surface area contributed by atoms with Crippen molar-refractivity contribution in [1.29, 1.82) is 0 Å². The summed E-state index contributed by atoms with van der Waals surface area (Å²) in [5, 5.41) is 2.97. The SMILES string of the molecule is O=Cc1csc(C2CCN(P)CC2)n1. The van der Waals surface area contributed by atoms with Crippen LogP contribution in [0.25, 0.3) is 0 Å². The number of aldehydes is 1. The Morgan fingerprint density at radius 3 is 2.86 bits per heavy atom. The molecule has 2 rings (SSSR count). The molecule has 0 radical (unpaired) electrons. The molecular weight excluding hydrogens is 215 g/mol. The molecule has 1 aromatic heterocycles. The molecular formula is C9H13N2OPS. The first-order chi connectivity index (χ1) is 6.79. The lowest BCUT2D eigenvalue weighted by Crippen LogP contribution is -2.24. The Morgan fingerprint density at radius 2 is 2.29 bits per heavy atom. The van der Waals surface area contributed by atoms with Gasteiger partial charge in [-0.25, -0.2) is 4.98 Å². The average Bonchev–Trinajstić information content (AvgIpc) is 2.67. The van der Waals surface area contributed by atoms with Crippen LogP contribution < -0.4 is 0 Å². The highest BCUT2D eigenvalue weighted by Gasteiger charge is 2.20. The second-order valence-electron chi connectivity index (χ2n) is 3.54. The molecule has 0 aromatic carbocycles. The fourth-order valence-corrected chi connectivity index (χ4v) is 2.92. The third kappa shape index (κ3) is 2.19. The van der Waals surface area contributed by atoms with Crippen LogP contribution in [0.15, 0.2) is 5.38 Å². The molecule has 1 aliphatic heterocycles. The van der Waals surface area contributed by atoms with Crippen molar-refractivity contribution in [2.45, 2.75) is 18.8 Å². The first kappa shape index (κ1) is 10.2. The summed E-state index contributed by atoms with van der Waals surface area (Å²) in [4.78, 5) is 14.8. The van der Waals surface area contributed by atoms with Gasteiger partial charge in [0.25, 0.3) is 0 Å². The van der Waals surface area contributed by atoms with Gasteiger partial charge in [0.2, 0.25) is 0 Å². The summed E-state index contributed by atoms with van der Waals surface area (Å²) in [6.45, 7) is 2.21. The van der Waals surface area contributed by atoms with E-state index in [1.807, 2.05) is 5.38 Å². The summed E-state index contributed by atoms with van der Waals surface area (Å²) in [6, 6.07) is 0. The number of hydrogen-bond donors (Lipinski definition) is 0. The Kier molecular flexibility index (Phi) is 3.26. The van der Waals surface area contributed by atoms with Crippen LogP contribution in [0.3, 0.4) is 0 Å². The number of carbonyl (C=O) groups is 1. The predicted octanol–water partition coefficient (Wildman–Crippen LogP) is 1.93. The summed E-state index contributed by atoms with van der Waals surface area (Å²) in [6.07, 6.45) is 3.12. The van der Waals surface area contributed by atoms with E-state index in [4.69, 9.17) is 0 Å². The minimum atomic E-state index is 0.561. The first-order valence-electron chi connectivity index (χ1n) is 4.70. The molecule has 0 spiro atoms. The zero-order chi connectivity index (χ0) is 9.97. The van der Waals surface area contributed by atoms with Gasteiger partial charge in [0.15, 0.2) is 6.29 Å². The molecule has 0 bridgehead atoms. The fraction of sp³-hybridized carbons (Fsp3) is 0.556. The lowest BCUT2D eigenvalue weighted by Gasteiger charge is -2.27. The number of aromatic nitrogens is 1. The standard InChI is InChI=1S/C9H13N2OPS/c12-5-8-6-14-9(10-8)7-1-3-11(13)4-2-7/h5-7H,1-4,13H2. The Balaban J connectivity index is 2.04. The van der Waals surface area contributed by atoms with Gasteiger partial charge in [-0.1, -0.05) is 9.39 Å². The van der Waals surface area contributed by atoms with Crippen molar-refractivity contribution in [2.24, 2.45) is 0 Å². The number of thiazole rings is 1. The monoisotopic (exact) mass is 228 g/mol. The van der Waals surface area contributed by atoms with Crippen LogP contribution in [0.1, 0.15) is 34.3 Å². The highest BCUT2D eigenvalue weighted by Crippen LogP contribution is 2.30. The van der Waals surface area contributed by atoms with Crippen LogP contribution >= 0.6 is 20.7 Å². The van der Waals surface area contributed by atoms with Crippen molar-refractivity contribution in [2.75, 3.05) is 13.1 Å². The number of piperidine rings is 1. The smallest absolute Gasteiger partial charge is 0.169 e. The summed E-state index contributed by atoms with van der Waals surface area (Å²) < 4.78 is 2.25. The maximum Gasteiger partial charge on any atom is 0.169 e. The van der Waals surface area contributed by atoms with E-state index in [0.717, 1.165) is 37.2 Å². The van der Waals surface area contributed by atoms with E-state index in [1.54, 1.807) is 11.3 Å². The number of rotatable bonds is 2. The lowest BCUT2D eigenvalue weighted by molar-refractivity contribution is 0.111. The van der Waals surface area contributed by atoms with E-state index >= 15 is 0 Å². The Morgan fingerprint density at radius 1 is 1.57 bits per heavy atom. The lowest BCUT2D eigenvalue weighted by atomic mass is 9.99. The van der Waals surface area contributed by atoms with Crippen LogP contribution in [0.2, 0.25) is 0 Å². The highest BCUT2D eigenvalue weighted by molar-refractivity contribution is 7.13. The summed E-state index contributed by atoms with van der Waals surface area (Å²) in [7, 11) is 2.73. The van der Waals surface area contributed by atoms with Crippen LogP contribution in [-0.2, 0) is 0 Å². The zero-order valence-electron chi connectivity index (χ0n) is 7.85. The van der Waals surface area contributed by atoms with E-state index in [2.05, 4.69) is 19.0 Å². The van der Waals surface area contributed by atoms with Gasteiger partial charge in [-0.2, -0.15) is 0 Å². The summed E-state index contributed by atoms with van der Waals surface area (Å²) in [5.74, 6) is 0.561. The highest BCUT2D eigenvalue weighted by atomic mass is 32.1. The number of carbonyl (C=O) groups excluding carboxylic acids is 1. The molecule has 1 atom stereocenters. The minimum absolute atomic E-state index is 0.561. The molecule has 5 heteroatoms. The fourth-order valence-electron chi connectivity index (χ4n) is 1.69. The third-order valence-corrected chi connectivity index (χ3v) is 4.08. The Labute approximate surface area is 89.8 Å². The minimum Gasteiger partial charge on any atom is -0.296 e. The average molecular weight is 228 g/mol. The van der Waals surface area contributed by atoms with Crippen LogP contribution in [0, 0.1) is 0 Å². The number of nitrogens with zero attached hydrogens (tertiary/aromatic N) is 2. The van der Waals surface area contributed by atoms with Gasteiger partial charge in [-0.3, -0.25) is 9.46 Å².